The molecule has 3 aromatic heterocycles. The fraction of sp³-hybridized carbons (Fsp3) is 0.330. The van der Waals surface area contributed by atoms with Crippen molar-refractivity contribution in [1.29, 1.82) is 0 Å². The SMILES string of the molecule is C[C@H]1OC(=O)C(Cc2ccccc2)N(C)C(=O)[C@H](C)[C@H](O)[C@H](Cc2ccccc2)NC(=O)[C@H]1NC(=O)c1ncccc1O.C[C@H]1OC(=O)C(Cc2ccccc2)NC(=O)[C@H](C)[C@H](O)[C@H](Cc2ccccc2)NC(=O)[C@H]1NC(=O)c1ncccc1O.C[C@H]1OC(=O)C(Cc2ccccc2)OC(=O)[C@H](C)[C@H](O)[C@H](Cc2ccccc2)NC(=O)[C@H]1NC(=O)c1ncccc1O. The summed E-state index contributed by atoms with van der Waals surface area (Å²) in [7, 11) is 1.48. The van der Waals surface area contributed by atoms with Crippen LogP contribution in [0.5, 0.6) is 17.2 Å². The topological polar surface area (TPSA) is 489 Å². The molecule has 127 heavy (non-hydrogen) atoms. The molecule has 0 bridgehead atoms. The molecular weight excluding hydrogens is 1640 g/mol. The van der Waals surface area contributed by atoms with E-state index in [1.54, 1.807) is 78.9 Å². The Bertz CT molecular complexity index is 5050. The smallest absolute Gasteiger partial charge is 0.348 e. The Balaban J connectivity index is 0.000000199. The van der Waals surface area contributed by atoms with Gasteiger partial charge in [0, 0.05) is 44.9 Å². The van der Waals surface area contributed by atoms with Crippen molar-refractivity contribution in [1.82, 2.24) is 57.1 Å². The third-order valence-corrected chi connectivity index (χ3v) is 21.9. The Morgan fingerprint density at radius 3 is 0.984 bits per heavy atom. The van der Waals surface area contributed by atoms with Gasteiger partial charge in [-0.15, -0.1) is 0 Å². The molecule has 0 radical (unpaired) electrons. The lowest BCUT2D eigenvalue weighted by Gasteiger charge is -2.36. The van der Waals surface area contributed by atoms with Crippen LogP contribution >= 0.6 is 0 Å². The van der Waals surface area contributed by atoms with Crippen molar-refractivity contribution in [3.63, 3.8) is 0 Å². The van der Waals surface area contributed by atoms with Gasteiger partial charge in [0.2, 0.25) is 35.6 Å². The van der Waals surface area contributed by atoms with Crippen LogP contribution in [-0.2, 0) is 101 Å². The van der Waals surface area contributed by atoms with Gasteiger partial charge in [-0.25, -0.2) is 29.3 Å². The molecule has 13 N–H and O–H groups in total. The Kier molecular flexibility index (Phi) is 33.9. The first kappa shape index (κ1) is 94.9. The van der Waals surface area contributed by atoms with Crippen molar-refractivity contribution < 1.29 is 107 Å². The minimum Gasteiger partial charge on any atom is -0.505 e. The zero-order valence-corrected chi connectivity index (χ0v) is 70.7. The number of rotatable bonds is 18. The largest absolute Gasteiger partial charge is 0.505 e. The Morgan fingerprint density at radius 2 is 0.638 bits per heavy atom. The van der Waals surface area contributed by atoms with E-state index in [4.69, 9.17) is 18.9 Å². The van der Waals surface area contributed by atoms with E-state index in [-0.39, 0.29) is 55.6 Å². The van der Waals surface area contributed by atoms with Gasteiger partial charge in [0.25, 0.3) is 17.7 Å². The van der Waals surface area contributed by atoms with Crippen molar-refractivity contribution in [2.45, 2.75) is 171 Å². The van der Waals surface area contributed by atoms with Gasteiger partial charge in [-0.2, -0.15) is 0 Å². The number of cyclic esters (lactones) is 4. The van der Waals surface area contributed by atoms with E-state index in [1.165, 1.54) is 108 Å². The average molecular weight is 1740 g/mol. The quantitative estimate of drug-likeness (QED) is 0.0412. The van der Waals surface area contributed by atoms with Crippen molar-refractivity contribution in [3.8, 4) is 17.2 Å². The Morgan fingerprint density at radius 1 is 0.339 bits per heavy atom. The summed E-state index contributed by atoms with van der Waals surface area (Å²) in [6.45, 7) is 8.76. The maximum atomic E-state index is 13.8. The molecule has 0 saturated carbocycles. The third kappa shape index (κ3) is 26.2. The third-order valence-electron chi connectivity index (χ3n) is 21.9. The maximum absolute atomic E-state index is 13.8. The van der Waals surface area contributed by atoms with Crippen LogP contribution in [0.2, 0.25) is 0 Å². The van der Waals surface area contributed by atoms with Crippen molar-refractivity contribution in [2.24, 2.45) is 17.8 Å². The van der Waals surface area contributed by atoms with E-state index >= 15 is 0 Å². The molecule has 8 amide bonds. The normalized spacial score (nSPS) is 25.1. The highest BCUT2D eigenvalue weighted by Gasteiger charge is 2.45. The average Bonchev–Trinajstić information content (AvgIpc) is 0.806. The minimum absolute atomic E-state index is 0.0145. The molecule has 12 rings (SSSR count). The summed E-state index contributed by atoms with van der Waals surface area (Å²) in [6, 6.07) is 52.9. The van der Waals surface area contributed by atoms with Crippen LogP contribution < -0.4 is 37.2 Å². The molecule has 666 valence electrons. The van der Waals surface area contributed by atoms with Crippen molar-refractivity contribution >= 4 is 71.1 Å². The van der Waals surface area contributed by atoms with Gasteiger partial charge in [0.1, 0.15) is 65.8 Å². The summed E-state index contributed by atoms with van der Waals surface area (Å²) in [5.74, 6) is -13.8. The number of esters is 4. The minimum atomic E-state index is -1.46. The van der Waals surface area contributed by atoms with Crippen LogP contribution in [0.15, 0.2) is 237 Å². The zero-order valence-electron chi connectivity index (χ0n) is 70.7. The van der Waals surface area contributed by atoms with Gasteiger partial charge in [0.05, 0.1) is 54.2 Å². The number of hydrogen-bond donors (Lipinski definition) is 13. The molecule has 33 nitrogen and oxygen atoms in total. The number of pyridine rings is 3. The molecule has 18 atom stereocenters. The van der Waals surface area contributed by atoms with E-state index in [0.717, 1.165) is 27.8 Å². The van der Waals surface area contributed by atoms with E-state index in [9.17, 15) is 88.2 Å². The maximum Gasteiger partial charge on any atom is 0.348 e. The lowest BCUT2D eigenvalue weighted by molar-refractivity contribution is -0.177. The summed E-state index contributed by atoms with van der Waals surface area (Å²) in [4.78, 5) is 174. The van der Waals surface area contributed by atoms with Gasteiger partial charge in [0.15, 0.2) is 17.1 Å². The van der Waals surface area contributed by atoms with Gasteiger partial charge >= 0.3 is 23.9 Å². The number of aromatic nitrogens is 3. The van der Waals surface area contributed by atoms with Gasteiger partial charge in [-0.05, 0) is 117 Å². The Labute approximate surface area is 732 Å². The van der Waals surface area contributed by atoms with Gasteiger partial charge in [-0.1, -0.05) is 196 Å². The fourth-order valence-electron chi connectivity index (χ4n) is 14.5. The predicted molar refractivity (Wildman–Crippen MR) is 459 cm³/mol. The molecule has 33 heteroatoms. The number of carbonyl (C=O) groups excluding carboxylic acids is 12. The molecular formula is C94H103N11O22. The number of amides is 8. The molecule has 0 aliphatic carbocycles. The van der Waals surface area contributed by atoms with Crippen LogP contribution in [0.4, 0.5) is 0 Å². The Hall–Kier alpha value is -14.3. The van der Waals surface area contributed by atoms with Gasteiger partial charge in [-0.3, -0.25) is 43.2 Å². The van der Waals surface area contributed by atoms with Crippen LogP contribution in [0.3, 0.4) is 0 Å². The highest BCUT2D eigenvalue weighted by Crippen LogP contribution is 2.27. The number of nitrogens with one attached hydrogen (secondary N) is 7. The number of aliphatic hydroxyl groups is 3. The number of aliphatic hydroxyl groups excluding tert-OH is 3. The summed E-state index contributed by atoms with van der Waals surface area (Å²) in [5, 5.41) is 83.0. The predicted octanol–water partition coefficient (Wildman–Crippen LogP) is 4.62. The number of nitrogens with zero attached hydrogens (tertiary/aromatic N) is 4. The number of hydrogen-bond acceptors (Lipinski definition) is 25. The monoisotopic (exact) mass is 1740 g/mol. The zero-order chi connectivity index (χ0) is 91.5. The highest BCUT2D eigenvalue weighted by molar-refractivity contribution is 6.01. The number of aromatic hydroxyl groups is 3. The molecule has 0 spiro atoms. The second kappa shape index (κ2) is 45.4. The molecule has 3 aliphatic heterocycles. The molecule has 9 aromatic rings. The van der Waals surface area contributed by atoms with Crippen LogP contribution in [0.25, 0.3) is 0 Å². The summed E-state index contributed by atoms with van der Waals surface area (Å²) in [5.41, 5.74) is 3.61. The van der Waals surface area contributed by atoms with Crippen LogP contribution in [0, 0.1) is 17.8 Å². The summed E-state index contributed by atoms with van der Waals surface area (Å²) >= 11 is 0. The number of carbonyl (C=O) groups is 12. The molecule has 3 saturated heterocycles. The fourth-order valence-corrected chi connectivity index (χ4v) is 14.5. The molecule has 3 fully saturated rings. The second-order valence-corrected chi connectivity index (χ2v) is 31.2. The summed E-state index contributed by atoms with van der Waals surface area (Å²) < 4.78 is 22.6. The second-order valence-electron chi connectivity index (χ2n) is 31.2. The van der Waals surface area contributed by atoms with E-state index in [1.807, 2.05) is 103 Å². The lowest BCUT2D eigenvalue weighted by Crippen LogP contribution is -2.61. The van der Waals surface area contributed by atoms with E-state index < -0.39 is 197 Å². The highest BCUT2D eigenvalue weighted by atomic mass is 16.6. The van der Waals surface area contributed by atoms with Crippen molar-refractivity contribution in [3.05, 3.63) is 287 Å². The van der Waals surface area contributed by atoms with Crippen LogP contribution in [0.1, 0.15) is 106 Å². The first-order valence-electron chi connectivity index (χ1n) is 41.3. The lowest BCUT2D eigenvalue weighted by atomic mass is 9.90. The number of likely N-dealkylation sites (N-methyl/N-ethyl adjacent to an activating group) is 1. The summed E-state index contributed by atoms with van der Waals surface area (Å²) in [6.07, 6.45) is -4.56. The van der Waals surface area contributed by atoms with Crippen molar-refractivity contribution in [2.75, 3.05) is 7.05 Å². The number of ether oxygens (including phenoxy) is 4. The first-order valence-corrected chi connectivity index (χ1v) is 41.3. The molecule has 3 aliphatic rings. The number of benzene rings is 6. The molecule has 3 unspecified atom stereocenters. The van der Waals surface area contributed by atoms with E-state index in [0.29, 0.717) is 5.56 Å². The first-order chi connectivity index (χ1) is 60.8. The van der Waals surface area contributed by atoms with E-state index in [2.05, 4.69) is 52.2 Å². The molecule has 6 aromatic carbocycles. The molecule has 6 heterocycles. The van der Waals surface area contributed by atoms with Crippen LogP contribution in [-0.4, -0.2) is 220 Å². The standard InChI is InChI=1S/C32H36N4O7.C31H34N4O7.C31H33N3O8/c1-19-28(38)23(17-21-11-6-4-7-12-21)34-29(39)26(35-30(40)27-25(37)15-10-16-33-27)20(2)43-32(42)24(36(3)31(19)41)18-22-13-8-5-9-14-22;1-18-27(37)22(16-20-10-5-3-6-11-20)33-29(39)25(35-30(40)26-24(36)14-9-15-32-26)19(2)42-31(41)23(34-28(18)38)17-21-12-7-4-8-13-21;1-18-27(36)22(16-20-10-5-3-6-11-20)33-28(37)25(34-29(38)26-23(35)14-9-15-32-26)19(2)41-31(40)24(42-30(18)39)17-21-12-7-4-8-13-21/h4-16,19-20,23-24,26,28,37-38H,17-18H2,1-3H3,(H,34,39)(H,35,40);3-15,18-19,22-23,25,27,36-37H,16-17H2,1-2H3,(H,33,39)(H,34,38)(H,35,40);3-15,18-19,22,24-25,27,35-36H,16-17H2,1-2H3,(H,33,37)(H,34,38)/t19-,20-,23+,24?,26+,28+;18-,19-,22+,23?,25+,27+;18-,19-,22+,24?,25+,27+/m111/s1. The van der Waals surface area contributed by atoms with Gasteiger partial charge < -0.3 is 91.7 Å².